The molecule has 5 nitrogen and oxygen atoms in total. The third-order valence-electron chi connectivity index (χ3n) is 8.96. The molecule has 0 N–H and O–H groups in total. The van der Waals surface area contributed by atoms with Crippen molar-refractivity contribution in [1.29, 1.82) is 0 Å². The summed E-state index contributed by atoms with van der Waals surface area (Å²) in [4.78, 5) is 9.25. The second-order valence-corrected chi connectivity index (χ2v) is 11.1. The van der Waals surface area contributed by atoms with Crippen LogP contribution in [0.25, 0.3) is 82.3 Å². The van der Waals surface area contributed by atoms with E-state index in [1.165, 1.54) is 43.5 Å². The Hall–Kier alpha value is -5.94. The third kappa shape index (κ3) is 2.90. The van der Waals surface area contributed by atoms with Gasteiger partial charge in [0.15, 0.2) is 0 Å². The number of para-hydroxylation sites is 3. The van der Waals surface area contributed by atoms with Crippen LogP contribution in [0.15, 0.2) is 140 Å². The lowest BCUT2D eigenvalue weighted by molar-refractivity contribution is 1.15. The van der Waals surface area contributed by atoms with Gasteiger partial charge in [-0.05, 0) is 41.8 Å². The lowest BCUT2D eigenvalue weighted by Crippen LogP contribution is -2.00. The molecule has 0 saturated carbocycles. The van der Waals surface area contributed by atoms with E-state index in [9.17, 15) is 0 Å². The molecular weight excluding hydrogens is 526 g/mol. The SMILES string of the molecule is c1ccc(-n2c3ccccc3c3ccc4c5ccc6c7ccncc7c7nccn7c6c5n(-c5ccccc5)c4c32)cc1. The summed E-state index contributed by atoms with van der Waals surface area (Å²) in [5.74, 6) is 0. The van der Waals surface area contributed by atoms with Crippen molar-refractivity contribution in [2.75, 3.05) is 0 Å². The van der Waals surface area contributed by atoms with Crippen molar-refractivity contribution in [1.82, 2.24) is 23.5 Å². The molecule has 0 bridgehead atoms. The summed E-state index contributed by atoms with van der Waals surface area (Å²) in [5.41, 5.74) is 9.07. The quantitative estimate of drug-likeness (QED) is 0.202. The smallest absolute Gasteiger partial charge is 0.146 e. The lowest BCUT2D eigenvalue weighted by Gasteiger charge is -2.14. The molecule has 5 aromatic carbocycles. The first-order valence-corrected chi connectivity index (χ1v) is 14.5. The van der Waals surface area contributed by atoms with Gasteiger partial charge in [0.2, 0.25) is 0 Å². The summed E-state index contributed by atoms with van der Waals surface area (Å²) in [6.45, 7) is 0. The van der Waals surface area contributed by atoms with Crippen LogP contribution in [0.1, 0.15) is 0 Å². The predicted octanol–water partition coefficient (Wildman–Crippen LogP) is 9.23. The fraction of sp³-hybridized carbons (Fsp3) is 0. The Labute approximate surface area is 245 Å². The number of aromatic nitrogens is 5. The van der Waals surface area contributed by atoms with E-state index < -0.39 is 0 Å². The number of rotatable bonds is 2. The molecule has 0 saturated heterocycles. The van der Waals surface area contributed by atoms with Gasteiger partial charge in [0.1, 0.15) is 5.65 Å². The van der Waals surface area contributed by atoms with E-state index in [4.69, 9.17) is 4.98 Å². The van der Waals surface area contributed by atoms with Crippen LogP contribution in [0.3, 0.4) is 0 Å². The van der Waals surface area contributed by atoms with Crippen molar-refractivity contribution in [3.63, 3.8) is 0 Å². The number of pyridine rings is 2. The van der Waals surface area contributed by atoms with Crippen molar-refractivity contribution in [2.24, 2.45) is 0 Å². The van der Waals surface area contributed by atoms with Crippen LogP contribution in [-0.2, 0) is 0 Å². The molecule has 0 unspecified atom stereocenters. The van der Waals surface area contributed by atoms with Crippen LogP contribution in [0.4, 0.5) is 0 Å². The average Bonchev–Trinajstić information content (AvgIpc) is 3.78. The van der Waals surface area contributed by atoms with Crippen LogP contribution < -0.4 is 0 Å². The van der Waals surface area contributed by atoms with Crippen molar-refractivity contribution >= 4 is 70.9 Å². The van der Waals surface area contributed by atoms with E-state index >= 15 is 0 Å². The predicted molar refractivity (Wildman–Crippen MR) is 177 cm³/mol. The highest BCUT2D eigenvalue weighted by Gasteiger charge is 2.23. The second-order valence-electron chi connectivity index (χ2n) is 11.1. The number of imidazole rings is 1. The minimum Gasteiger partial charge on any atom is -0.307 e. The lowest BCUT2D eigenvalue weighted by atomic mass is 10.0. The van der Waals surface area contributed by atoms with Crippen molar-refractivity contribution in [3.8, 4) is 11.4 Å². The maximum atomic E-state index is 4.80. The number of hydrogen-bond acceptors (Lipinski definition) is 2. The van der Waals surface area contributed by atoms with Gasteiger partial charge in [-0.2, -0.15) is 0 Å². The fourth-order valence-corrected chi connectivity index (χ4v) is 7.25. The number of nitrogens with zero attached hydrogens (tertiary/aromatic N) is 5. The van der Waals surface area contributed by atoms with Gasteiger partial charge in [-0.25, -0.2) is 4.98 Å². The molecule has 0 amide bonds. The van der Waals surface area contributed by atoms with Gasteiger partial charge >= 0.3 is 0 Å². The molecule has 0 aliphatic heterocycles. The highest BCUT2D eigenvalue weighted by molar-refractivity contribution is 6.28. The molecule has 10 aromatic rings. The molecule has 0 spiro atoms. The second kappa shape index (κ2) is 8.30. The van der Waals surface area contributed by atoms with Gasteiger partial charge in [0.25, 0.3) is 0 Å². The van der Waals surface area contributed by atoms with Crippen LogP contribution in [0.2, 0.25) is 0 Å². The third-order valence-corrected chi connectivity index (χ3v) is 8.96. The summed E-state index contributed by atoms with van der Waals surface area (Å²) in [6.07, 6.45) is 7.77. The molecule has 5 heterocycles. The van der Waals surface area contributed by atoms with E-state index in [0.29, 0.717) is 0 Å². The number of fused-ring (bicyclic) bond motifs is 14. The average molecular weight is 550 g/mol. The Morgan fingerprint density at radius 2 is 1.00 bits per heavy atom. The monoisotopic (exact) mass is 549 g/mol. The molecule has 0 fully saturated rings. The van der Waals surface area contributed by atoms with Gasteiger partial charge in [0, 0.05) is 68.5 Å². The normalized spacial score (nSPS) is 12.2. The molecule has 0 aliphatic carbocycles. The first-order valence-electron chi connectivity index (χ1n) is 14.5. The van der Waals surface area contributed by atoms with Crippen LogP contribution in [-0.4, -0.2) is 23.5 Å². The highest BCUT2D eigenvalue weighted by Crippen LogP contribution is 2.44. The van der Waals surface area contributed by atoms with E-state index in [2.05, 4.69) is 140 Å². The minimum atomic E-state index is 0.913. The first-order chi connectivity index (χ1) is 21.4. The van der Waals surface area contributed by atoms with E-state index in [1.807, 2.05) is 18.6 Å². The molecule has 0 aliphatic rings. The largest absolute Gasteiger partial charge is 0.307 e. The molecule has 5 heteroatoms. The molecule has 0 radical (unpaired) electrons. The Morgan fingerprint density at radius 3 is 1.74 bits per heavy atom. The summed E-state index contributed by atoms with van der Waals surface area (Å²) >= 11 is 0. The molecular formula is C38H23N5. The van der Waals surface area contributed by atoms with Gasteiger partial charge in [-0.3, -0.25) is 9.38 Å². The zero-order valence-corrected chi connectivity index (χ0v) is 23.0. The fourth-order valence-electron chi connectivity index (χ4n) is 7.25. The van der Waals surface area contributed by atoms with Crippen molar-refractivity contribution in [3.05, 3.63) is 140 Å². The van der Waals surface area contributed by atoms with Crippen LogP contribution in [0, 0.1) is 0 Å². The zero-order valence-electron chi connectivity index (χ0n) is 23.0. The summed E-state index contributed by atoms with van der Waals surface area (Å²) in [5, 5.41) is 8.29. The Kier molecular flexibility index (Phi) is 4.39. The molecule has 5 aromatic heterocycles. The number of hydrogen-bond donors (Lipinski definition) is 0. The molecule has 0 atom stereocenters. The van der Waals surface area contributed by atoms with Crippen molar-refractivity contribution in [2.45, 2.75) is 0 Å². The van der Waals surface area contributed by atoms with E-state index in [0.717, 1.165) is 38.8 Å². The van der Waals surface area contributed by atoms with Gasteiger partial charge < -0.3 is 9.13 Å². The minimum absolute atomic E-state index is 0.913. The van der Waals surface area contributed by atoms with Crippen molar-refractivity contribution < 1.29 is 0 Å². The summed E-state index contributed by atoms with van der Waals surface area (Å²) < 4.78 is 7.14. The first kappa shape index (κ1) is 22.7. The van der Waals surface area contributed by atoms with Gasteiger partial charge in [-0.15, -0.1) is 0 Å². The summed E-state index contributed by atoms with van der Waals surface area (Å²) in [7, 11) is 0. The zero-order chi connectivity index (χ0) is 28.1. The highest BCUT2D eigenvalue weighted by atomic mass is 15.1. The molecule has 10 rings (SSSR count). The maximum Gasteiger partial charge on any atom is 0.146 e. The molecule has 43 heavy (non-hydrogen) atoms. The Bertz CT molecular complexity index is 2710. The Balaban J connectivity index is 1.55. The molecule has 200 valence electrons. The van der Waals surface area contributed by atoms with E-state index in [-0.39, 0.29) is 0 Å². The number of benzene rings is 5. The van der Waals surface area contributed by atoms with Gasteiger partial charge in [0.05, 0.1) is 27.6 Å². The maximum absolute atomic E-state index is 4.80. The summed E-state index contributed by atoms with van der Waals surface area (Å²) in [6, 6.07) is 41.5. The Morgan fingerprint density at radius 1 is 0.419 bits per heavy atom. The van der Waals surface area contributed by atoms with Gasteiger partial charge in [-0.1, -0.05) is 78.9 Å². The van der Waals surface area contributed by atoms with Crippen LogP contribution >= 0.6 is 0 Å². The van der Waals surface area contributed by atoms with E-state index in [1.54, 1.807) is 0 Å². The topological polar surface area (TPSA) is 40.1 Å². The van der Waals surface area contributed by atoms with Crippen LogP contribution in [0.5, 0.6) is 0 Å². The standard InChI is InChI=1S/C38H23N5/c1-3-9-24(10-4-1)42-33-14-8-7-13-27(33)29-16-18-31-30-17-15-28-26-19-20-39-23-32(26)38-40-21-22-41(38)34(28)35(30)43(37(31)36(29)42)25-11-5-2-6-12-25/h1-23H.